The Morgan fingerprint density at radius 1 is 1.00 bits per heavy atom. The topological polar surface area (TPSA) is 17.1 Å². The highest BCUT2D eigenvalue weighted by Gasteiger charge is 2.02. The van der Waals surface area contributed by atoms with Crippen molar-refractivity contribution in [3.8, 4) is 0 Å². The molecule has 1 nitrogen and oxygen atoms in total. The minimum atomic E-state index is -0.0300. The third kappa shape index (κ3) is 7.80. The van der Waals surface area contributed by atoms with Gasteiger partial charge >= 0.3 is 0 Å². The predicted molar refractivity (Wildman–Crippen MR) is 115 cm³/mol. The van der Waals surface area contributed by atoms with Crippen LogP contribution in [0.15, 0.2) is 59.5 Å². The Morgan fingerprint density at radius 3 is 2.58 bits per heavy atom. The molecule has 0 N–H and O–H groups in total. The van der Waals surface area contributed by atoms with E-state index in [-0.39, 0.29) is 5.78 Å². The van der Waals surface area contributed by atoms with Crippen LogP contribution in [0.1, 0.15) is 61.4 Å². The van der Waals surface area contributed by atoms with Crippen LogP contribution in [0.2, 0.25) is 5.02 Å². The molecule has 0 aliphatic heterocycles. The highest BCUT2D eigenvalue weighted by atomic mass is 35.5. The number of rotatable bonds is 11. The second-order valence-corrected chi connectivity index (χ2v) is 8.00. The maximum Gasteiger partial charge on any atom is 0.185 e. The minimum absolute atomic E-state index is 0.0300. The average molecular weight is 387 g/mol. The van der Waals surface area contributed by atoms with Gasteiger partial charge in [0.05, 0.1) is 0 Å². The van der Waals surface area contributed by atoms with Crippen LogP contribution in [-0.4, -0.2) is 11.5 Å². The van der Waals surface area contributed by atoms with Crippen molar-refractivity contribution in [1.29, 1.82) is 0 Å². The third-order valence-corrected chi connectivity index (χ3v) is 5.48. The van der Waals surface area contributed by atoms with E-state index >= 15 is 0 Å². The van der Waals surface area contributed by atoms with Crippen molar-refractivity contribution >= 4 is 35.2 Å². The van der Waals surface area contributed by atoms with Gasteiger partial charge in [0.2, 0.25) is 0 Å². The fourth-order valence-electron chi connectivity index (χ4n) is 2.69. The van der Waals surface area contributed by atoms with Crippen LogP contribution in [0.3, 0.4) is 0 Å². The zero-order valence-corrected chi connectivity index (χ0v) is 17.0. The molecule has 0 saturated carbocycles. The predicted octanol–water partition coefficient (Wildman–Crippen LogP) is 7.69. The number of hydrogen-bond acceptors (Lipinski definition) is 2. The summed E-state index contributed by atoms with van der Waals surface area (Å²) in [5.41, 5.74) is 1.66. The lowest BCUT2D eigenvalue weighted by Crippen LogP contribution is -1.93. The number of ketones is 1. The van der Waals surface area contributed by atoms with Gasteiger partial charge in [-0.15, -0.1) is 11.8 Å². The van der Waals surface area contributed by atoms with Gasteiger partial charge in [0.25, 0.3) is 0 Å². The lowest BCUT2D eigenvalue weighted by molar-refractivity contribution is 0.104. The lowest BCUT2D eigenvalue weighted by atomic mass is 10.1. The Kier molecular flexibility index (Phi) is 9.58. The van der Waals surface area contributed by atoms with Crippen molar-refractivity contribution in [3.63, 3.8) is 0 Å². The molecule has 0 fully saturated rings. The average Bonchev–Trinajstić information content (AvgIpc) is 2.66. The molecule has 0 radical (unpaired) electrons. The van der Waals surface area contributed by atoms with Gasteiger partial charge in [-0.3, -0.25) is 4.79 Å². The molecule has 0 atom stereocenters. The van der Waals surface area contributed by atoms with Crippen molar-refractivity contribution < 1.29 is 4.79 Å². The fourth-order valence-corrected chi connectivity index (χ4v) is 3.86. The number of thioether (sulfide) groups is 1. The van der Waals surface area contributed by atoms with Gasteiger partial charge in [-0.25, -0.2) is 0 Å². The van der Waals surface area contributed by atoms with Crippen LogP contribution in [0, 0.1) is 0 Å². The highest BCUT2D eigenvalue weighted by molar-refractivity contribution is 7.99. The van der Waals surface area contributed by atoms with E-state index in [4.69, 9.17) is 11.6 Å². The summed E-state index contributed by atoms with van der Waals surface area (Å²) in [5, 5.41) is 0.581. The number of unbranched alkanes of at least 4 members (excludes halogenated alkanes) is 5. The van der Waals surface area contributed by atoms with Gasteiger partial charge < -0.3 is 0 Å². The second kappa shape index (κ2) is 12.0. The van der Waals surface area contributed by atoms with E-state index in [1.165, 1.54) is 43.4 Å². The Hall–Kier alpha value is -1.51. The molecule has 0 aliphatic rings. The fraction of sp³-hybridized carbons (Fsp3) is 0.348. The van der Waals surface area contributed by atoms with E-state index in [9.17, 15) is 4.79 Å². The van der Waals surface area contributed by atoms with Crippen LogP contribution in [-0.2, 0) is 0 Å². The molecule has 0 saturated heterocycles. The summed E-state index contributed by atoms with van der Waals surface area (Å²) >= 11 is 7.84. The summed E-state index contributed by atoms with van der Waals surface area (Å²) in [6.45, 7) is 2.25. The quantitative estimate of drug-likeness (QED) is 0.170. The van der Waals surface area contributed by atoms with E-state index in [2.05, 4.69) is 19.1 Å². The maximum atomic E-state index is 12.2. The summed E-state index contributed by atoms with van der Waals surface area (Å²) in [6, 6.07) is 15.4. The Balaban J connectivity index is 1.81. The first-order valence-corrected chi connectivity index (χ1v) is 10.8. The van der Waals surface area contributed by atoms with Crippen molar-refractivity contribution in [3.05, 3.63) is 70.8 Å². The first-order valence-electron chi connectivity index (χ1n) is 9.40. The monoisotopic (exact) mass is 386 g/mol. The number of allylic oxidation sites excluding steroid dienone is 1. The number of hydrogen-bond donors (Lipinski definition) is 0. The van der Waals surface area contributed by atoms with Gasteiger partial charge in [0.1, 0.15) is 0 Å². The zero-order chi connectivity index (χ0) is 18.6. The van der Waals surface area contributed by atoms with Crippen LogP contribution in [0.4, 0.5) is 0 Å². The van der Waals surface area contributed by atoms with Crippen LogP contribution in [0.25, 0.3) is 6.08 Å². The highest BCUT2D eigenvalue weighted by Crippen LogP contribution is 2.22. The van der Waals surface area contributed by atoms with E-state index in [0.29, 0.717) is 10.6 Å². The molecule has 0 heterocycles. The van der Waals surface area contributed by atoms with Crippen LogP contribution in [0.5, 0.6) is 0 Å². The normalized spacial score (nSPS) is 11.2. The summed E-state index contributed by atoms with van der Waals surface area (Å²) in [7, 11) is 0. The van der Waals surface area contributed by atoms with E-state index < -0.39 is 0 Å². The third-order valence-electron chi connectivity index (χ3n) is 4.16. The number of halogens is 1. The molecule has 0 unspecified atom stereocenters. The second-order valence-electron chi connectivity index (χ2n) is 6.40. The van der Waals surface area contributed by atoms with Crippen molar-refractivity contribution in [1.82, 2.24) is 0 Å². The van der Waals surface area contributed by atoms with Gasteiger partial charge in [-0.05, 0) is 48.1 Å². The number of carbonyl (C=O) groups excluding carboxylic acids is 1. The molecule has 2 aromatic carbocycles. The SMILES string of the molecule is CCCCCCCCSc1cccc(/C=C/C(=O)c2cccc(Cl)c2)c1. The van der Waals surface area contributed by atoms with E-state index in [1.807, 2.05) is 30.0 Å². The Bertz CT molecular complexity index is 724. The maximum absolute atomic E-state index is 12.2. The summed E-state index contributed by atoms with van der Waals surface area (Å²) in [5.74, 6) is 1.12. The molecule has 2 rings (SSSR count). The van der Waals surface area contributed by atoms with Crippen molar-refractivity contribution in [2.75, 3.05) is 5.75 Å². The summed E-state index contributed by atoms with van der Waals surface area (Å²) in [4.78, 5) is 13.5. The first-order chi connectivity index (χ1) is 12.7. The van der Waals surface area contributed by atoms with E-state index in [1.54, 1.807) is 30.3 Å². The molecule has 0 amide bonds. The van der Waals surface area contributed by atoms with Gasteiger partial charge in [-0.2, -0.15) is 0 Å². The van der Waals surface area contributed by atoms with Crippen LogP contribution >= 0.6 is 23.4 Å². The largest absolute Gasteiger partial charge is 0.289 e. The van der Waals surface area contributed by atoms with Gasteiger partial charge in [-0.1, -0.05) is 81.0 Å². The Labute approximate surface area is 166 Å². The van der Waals surface area contributed by atoms with Gasteiger partial charge in [0.15, 0.2) is 5.78 Å². The molecule has 0 spiro atoms. The van der Waals surface area contributed by atoms with Gasteiger partial charge in [0, 0.05) is 15.5 Å². The smallest absolute Gasteiger partial charge is 0.185 e. The number of carbonyl (C=O) groups is 1. The first kappa shape index (κ1) is 20.8. The lowest BCUT2D eigenvalue weighted by Gasteiger charge is -2.03. The molecular weight excluding hydrogens is 360 g/mol. The molecule has 138 valence electrons. The molecule has 0 bridgehead atoms. The molecule has 0 aliphatic carbocycles. The van der Waals surface area contributed by atoms with Crippen molar-refractivity contribution in [2.24, 2.45) is 0 Å². The molecule has 26 heavy (non-hydrogen) atoms. The van der Waals surface area contributed by atoms with E-state index in [0.717, 1.165) is 11.3 Å². The summed E-state index contributed by atoms with van der Waals surface area (Å²) in [6.07, 6.45) is 11.4. The van der Waals surface area contributed by atoms with Crippen molar-refractivity contribution in [2.45, 2.75) is 50.3 Å². The van der Waals surface area contributed by atoms with Crippen LogP contribution < -0.4 is 0 Å². The summed E-state index contributed by atoms with van der Waals surface area (Å²) < 4.78 is 0. The molecule has 2 aromatic rings. The standard InChI is InChI=1S/C23H27ClOS/c1-2-3-4-5-6-7-16-26-22-13-8-10-19(17-22)14-15-23(25)20-11-9-12-21(24)18-20/h8-15,17-18H,2-7,16H2,1H3/b15-14+. The minimum Gasteiger partial charge on any atom is -0.289 e. The molecular formula is C23H27ClOS. The molecule has 3 heteroatoms. The Morgan fingerprint density at radius 2 is 1.77 bits per heavy atom. The number of benzene rings is 2. The zero-order valence-electron chi connectivity index (χ0n) is 15.4. The molecule has 0 aromatic heterocycles.